The van der Waals surface area contributed by atoms with Crippen LogP contribution in [0.1, 0.15) is 57.4 Å². The van der Waals surface area contributed by atoms with E-state index in [0.717, 1.165) is 25.7 Å². The lowest BCUT2D eigenvalue weighted by Gasteiger charge is -2.32. The summed E-state index contributed by atoms with van der Waals surface area (Å²) in [5.74, 6) is -0.440. The summed E-state index contributed by atoms with van der Waals surface area (Å²) in [5.41, 5.74) is 0.579. The lowest BCUT2D eigenvalue weighted by Crippen LogP contribution is -2.51. The zero-order valence-electron chi connectivity index (χ0n) is 21.3. The van der Waals surface area contributed by atoms with Gasteiger partial charge in [0.05, 0.1) is 4.90 Å². The molecule has 1 atom stereocenters. The number of sulfonamides is 1. The van der Waals surface area contributed by atoms with E-state index >= 15 is 0 Å². The maximum Gasteiger partial charge on any atom is 0.243 e. The highest BCUT2D eigenvalue weighted by atomic mass is 35.5. The second-order valence-corrected chi connectivity index (χ2v) is 12.2. The van der Waals surface area contributed by atoms with Crippen LogP contribution in [0.3, 0.4) is 0 Å². The summed E-state index contributed by atoms with van der Waals surface area (Å²) in [6.07, 6.45) is 4.84. The van der Waals surface area contributed by atoms with Gasteiger partial charge in [0.25, 0.3) is 0 Å². The number of benzene rings is 2. The molecule has 3 rings (SSSR count). The number of hydrogen-bond donors (Lipinski definition) is 1. The number of hydrogen-bond acceptors (Lipinski definition) is 4. The Hall–Kier alpha value is -2.13. The van der Waals surface area contributed by atoms with E-state index in [4.69, 9.17) is 23.2 Å². The number of carbonyl (C=O) groups is 2. The van der Waals surface area contributed by atoms with Crippen molar-refractivity contribution in [1.82, 2.24) is 14.5 Å². The normalized spacial score (nSPS) is 15.1. The maximum absolute atomic E-state index is 13.5. The van der Waals surface area contributed by atoms with Gasteiger partial charge in [-0.2, -0.15) is 0 Å². The van der Waals surface area contributed by atoms with Gasteiger partial charge in [-0.25, -0.2) is 12.7 Å². The summed E-state index contributed by atoms with van der Waals surface area (Å²) in [5, 5.41) is 3.95. The quantitative estimate of drug-likeness (QED) is 0.379. The third-order valence-electron chi connectivity index (χ3n) is 6.79. The van der Waals surface area contributed by atoms with Crippen molar-refractivity contribution < 1.29 is 18.0 Å². The lowest BCUT2D eigenvalue weighted by atomic mass is 10.1. The van der Waals surface area contributed by atoms with Crippen molar-refractivity contribution in [3.05, 3.63) is 64.1 Å². The van der Waals surface area contributed by atoms with Gasteiger partial charge in [-0.15, -0.1) is 0 Å². The number of nitrogens with one attached hydrogen (secondary N) is 1. The smallest absolute Gasteiger partial charge is 0.243 e. The molecule has 1 aliphatic carbocycles. The van der Waals surface area contributed by atoms with Crippen LogP contribution in [0, 0.1) is 0 Å². The standard InChI is InChI=1S/C27H35Cl2N3O4S/c1-3-25(27(34)30-20-11-7-8-12-20)32(19-22-23(28)15-9-16-24(22)29)26(33)17-10-18-31(2)37(35,36)21-13-5-4-6-14-21/h4-6,9,13-16,20,25H,3,7-8,10-12,17-19H2,1-2H3,(H,30,34)/t25-/m1/s1. The molecular formula is C27H35Cl2N3O4S. The third kappa shape index (κ3) is 7.69. The molecule has 0 aromatic heterocycles. The minimum atomic E-state index is -3.66. The first kappa shape index (κ1) is 29.4. The largest absolute Gasteiger partial charge is 0.352 e. The van der Waals surface area contributed by atoms with Crippen LogP contribution in [0.4, 0.5) is 0 Å². The third-order valence-corrected chi connectivity index (χ3v) is 9.37. The Morgan fingerprint density at radius 1 is 1.03 bits per heavy atom. The molecule has 1 N–H and O–H groups in total. The number of carbonyl (C=O) groups excluding carboxylic acids is 2. The topological polar surface area (TPSA) is 86.8 Å². The molecule has 7 nitrogen and oxygen atoms in total. The Labute approximate surface area is 230 Å². The van der Waals surface area contributed by atoms with Crippen LogP contribution in [0.5, 0.6) is 0 Å². The van der Waals surface area contributed by atoms with Crippen LogP contribution >= 0.6 is 23.2 Å². The second kappa shape index (κ2) is 13.6. The number of halogens is 2. The van der Waals surface area contributed by atoms with E-state index in [1.165, 1.54) is 16.3 Å². The van der Waals surface area contributed by atoms with E-state index in [0.29, 0.717) is 28.5 Å². The summed E-state index contributed by atoms with van der Waals surface area (Å²) in [7, 11) is -2.16. The summed E-state index contributed by atoms with van der Waals surface area (Å²) < 4.78 is 26.9. The van der Waals surface area contributed by atoms with Crippen molar-refractivity contribution in [3.63, 3.8) is 0 Å². The predicted octanol–water partition coefficient (Wildman–Crippen LogP) is 5.26. The summed E-state index contributed by atoms with van der Waals surface area (Å²) in [6, 6.07) is 12.8. The average Bonchev–Trinajstić information content (AvgIpc) is 3.39. The molecule has 10 heteroatoms. The van der Waals surface area contributed by atoms with Gasteiger partial charge in [0.1, 0.15) is 6.04 Å². The highest BCUT2D eigenvalue weighted by Crippen LogP contribution is 2.28. The van der Waals surface area contributed by atoms with Crippen molar-refractivity contribution >= 4 is 45.0 Å². The first-order valence-electron chi connectivity index (χ1n) is 12.7. The van der Waals surface area contributed by atoms with Gasteiger partial charge in [-0.3, -0.25) is 9.59 Å². The average molecular weight is 569 g/mol. The van der Waals surface area contributed by atoms with Crippen LogP contribution in [0.2, 0.25) is 10.0 Å². The molecule has 1 aliphatic rings. The molecule has 2 aromatic carbocycles. The van der Waals surface area contributed by atoms with Crippen molar-refractivity contribution in [3.8, 4) is 0 Å². The van der Waals surface area contributed by atoms with Gasteiger partial charge in [-0.05, 0) is 49.9 Å². The molecule has 37 heavy (non-hydrogen) atoms. The molecular weight excluding hydrogens is 533 g/mol. The zero-order valence-corrected chi connectivity index (χ0v) is 23.7. The number of amides is 2. The van der Waals surface area contributed by atoms with Crippen LogP contribution in [0.15, 0.2) is 53.4 Å². The van der Waals surface area contributed by atoms with E-state index in [1.807, 2.05) is 6.92 Å². The fourth-order valence-electron chi connectivity index (χ4n) is 4.63. The lowest BCUT2D eigenvalue weighted by molar-refractivity contribution is -0.141. The second-order valence-electron chi connectivity index (χ2n) is 9.38. The first-order valence-corrected chi connectivity index (χ1v) is 14.9. The van der Waals surface area contributed by atoms with Crippen LogP contribution in [-0.4, -0.2) is 55.1 Å². The minimum absolute atomic E-state index is 0.0733. The molecule has 0 aliphatic heterocycles. The van der Waals surface area contributed by atoms with Gasteiger partial charge >= 0.3 is 0 Å². The van der Waals surface area contributed by atoms with Crippen molar-refractivity contribution in [1.29, 1.82) is 0 Å². The number of rotatable bonds is 12. The van der Waals surface area contributed by atoms with E-state index in [1.54, 1.807) is 48.5 Å². The predicted molar refractivity (Wildman–Crippen MR) is 147 cm³/mol. The Bertz CT molecular complexity index is 1150. The molecule has 1 saturated carbocycles. The van der Waals surface area contributed by atoms with E-state index in [9.17, 15) is 18.0 Å². The van der Waals surface area contributed by atoms with Gasteiger partial charge in [-0.1, -0.05) is 67.2 Å². The Balaban J connectivity index is 1.74. The highest BCUT2D eigenvalue weighted by molar-refractivity contribution is 7.89. The molecule has 0 radical (unpaired) electrons. The van der Waals surface area contributed by atoms with Crippen LogP contribution < -0.4 is 5.32 Å². The molecule has 2 amide bonds. The first-order chi connectivity index (χ1) is 17.6. The summed E-state index contributed by atoms with van der Waals surface area (Å²) in [4.78, 5) is 28.5. The Morgan fingerprint density at radius 2 is 1.65 bits per heavy atom. The van der Waals surface area contributed by atoms with Crippen molar-refractivity contribution in [2.45, 2.75) is 75.4 Å². The maximum atomic E-state index is 13.5. The van der Waals surface area contributed by atoms with Crippen LogP contribution in [-0.2, 0) is 26.2 Å². The minimum Gasteiger partial charge on any atom is -0.352 e. The van der Waals surface area contributed by atoms with E-state index < -0.39 is 16.1 Å². The fraction of sp³-hybridized carbons (Fsp3) is 0.481. The molecule has 1 fully saturated rings. The molecule has 0 heterocycles. The highest BCUT2D eigenvalue weighted by Gasteiger charge is 2.31. The van der Waals surface area contributed by atoms with E-state index in [-0.39, 0.29) is 42.3 Å². The summed E-state index contributed by atoms with van der Waals surface area (Å²) >= 11 is 12.8. The van der Waals surface area contributed by atoms with Gasteiger partial charge in [0, 0.05) is 48.2 Å². The summed E-state index contributed by atoms with van der Waals surface area (Å²) in [6.45, 7) is 2.12. The van der Waals surface area contributed by atoms with Crippen molar-refractivity contribution in [2.75, 3.05) is 13.6 Å². The number of nitrogens with zero attached hydrogens (tertiary/aromatic N) is 2. The molecule has 0 spiro atoms. The molecule has 0 bridgehead atoms. The molecule has 202 valence electrons. The Morgan fingerprint density at radius 3 is 2.24 bits per heavy atom. The van der Waals surface area contributed by atoms with Gasteiger partial charge in [0.15, 0.2) is 0 Å². The molecule has 2 aromatic rings. The molecule has 0 unspecified atom stereocenters. The molecule has 0 saturated heterocycles. The monoisotopic (exact) mass is 567 g/mol. The zero-order chi connectivity index (χ0) is 27.0. The fourth-order valence-corrected chi connectivity index (χ4v) is 6.38. The SMILES string of the molecule is CC[C@H](C(=O)NC1CCCC1)N(Cc1c(Cl)cccc1Cl)C(=O)CCCN(C)S(=O)(=O)c1ccccc1. The van der Waals surface area contributed by atoms with Gasteiger partial charge in [0.2, 0.25) is 21.8 Å². The van der Waals surface area contributed by atoms with E-state index in [2.05, 4.69) is 5.32 Å². The van der Waals surface area contributed by atoms with Crippen molar-refractivity contribution in [2.24, 2.45) is 0 Å². The van der Waals surface area contributed by atoms with Crippen LogP contribution in [0.25, 0.3) is 0 Å². The van der Waals surface area contributed by atoms with Gasteiger partial charge < -0.3 is 10.2 Å². The Kier molecular flexibility index (Phi) is 10.8.